The molecule has 0 bridgehead atoms. The molecule has 1 heterocycles. The number of nitrogens with one attached hydrogen (secondary N) is 1. The first kappa shape index (κ1) is 24.6. The lowest BCUT2D eigenvalue weighted by atomic mass is 9.95. The van der Waals surface area contributed by atoms with Crippen molar-refractivity contribution in [2.24, 2.45) is 0 Å². The maximum Gasteiger partial charge on any atom is 0.251 e. The van der Waals surface area contributed by atoms with Gasteiger partial charge in [-0.05, 0) is 31.5 Å². The molecule has 0 aromatic heterocycles. The highest BCUT2D eigenvalue weighted by Gasteiger charge is 2.32. The Morgan fingerprint density at radius 2 is 1.87 bits per heavy atom. The SMILES string of the molecule is CCN(CC)S(=O)(=O)c1cc(C(=O)NC[C@](C)(CC)N2CCOCC2)ccc1OC. The fraction of sp³-hybridized carbons (Fsp3) is 0.667. The number of amides is 1. The maximum absolute atomic E-state index is 13.0. The molecule has 1 atom stereocenters. The van der Waals surface area contributed by atoms with Gasteiger partial charge in [-0.1, -0.05) is 20.8 Å². The number of sulfonamides is 1. The third-order valence-corrected chi connectivity index (χ3v) is 7.99. The van der Waals surface area contributed by atoms with Crippen LogP contribution in [0.3, 0.4) is 0 Å². The quantitative estimate of drug-likeness (QED) is 0.597. The molecule has 1 N–H and O–H groups in total. The zero-order valence-electron chi connectivity index (χ0n) is 18.7. The van der Waals surface area contributed by atoms with E-state index < -0.39 is 10.0 Å². The monoisotopic (exact) mass is 441 g/mol. The Hall–Kier alpha value is -1.68. The summed E-state index contributed by atoms with van der Waals surface area (Å²) in [5.41, 5.74) is 0.101. The van der Waals surface area contributed by atoms with Gasteiger partial charge >= 0.3 is 0 Å². The smallest absolute Gasteiger partial charge is 0.251 e. The van der Waals surface area contributed by atoms with Crippen LogP contribution in [-0.2, 0) is 14.8 Å². The van der Waals surface area contributed by atoms with Gasteiger partial charge in [-0.2, -0.15) is 4.31 Å². The van der Waals surface area contributed by atoms with E-state index in [0.717, 1.165) is 19.5 Å². The Bertz CT molecular complexity index is 820. The predicted molar refractivity (Wildman–Crippen MR) is 117 cm³/mol. The number of morpholine rings is 1. The van der Waals surface area contributed by atoms with Crippen molar-refractivity contribution >= 4 is 15.9 Å². The number of carbonyl (C=O) groups is 1. The number of rotatable bonds is 10. The second kappa shape index (κ2) is 10.6. The summed E-state index contributed by atoms with van der Waals surface area (Å²) in [6.07, 6.45) is 0.873. The Morgan fingerprint density at radius 1 is 1.23 bits per heavy atom. The molecule has 0 unspecified atom stereocenters. The summed E-state index contributed by atoms with van der Waals surface area (Å²) in [6, 6.07) is 4.53. The van der Waals surface area contributed by atoms with E-state index in [0.29, 0.717) is 38.4 Å². The molecule has 0 aliphatic carbocycles. The molecule has 170 valence electrons. The molecular formula is C21H35N3O5S. The van der Waals surface area contributed by atoms with Crippen molar-refractivity contribution < 1.29 is 22.7 Å². The molecule has 9 heteroatoms. The second-order valence-electron chi connectivity index (χ2n) is 7.59. The Morgan fingerprint density at radius 3 is 2.40 bits per heavy atom. The first-order valence-corrected chi connectivity index (χ1v) is 12.0. The summed E-state index contributed by atoms with van der Waals surface area (Å²) in [5, 5.41) is 2.99. The van der Waals surface area contributed by atoms with Crippen LogP contribution in [-0.4, -0.2) is 82.1 Å². The van der Waals surface area contributed by atoms with E-state index in [1.165, 1.54) is 23.5 Å². The largest absolute Gasteiger partial charge is 0.495 e. The topological polar surface area (TPSA) is 88.2 Å². The van der Waals surface area contributed by atoms with Crippen molar-refractivity contribution in [2.75, 3.05) is 53.0 Å². The van der Waals surface area contributed by atoms with Gasteiger partial charge in [-0.25, -0.2) is 8.42 Å². The number of ether oxygens (including phenoxy) is 2. The fourth-order valence-electron chi connectivity index (χ4n) is 3.66. The molecule has 0 saturated carbocycles. The number of benzene rings is 1. The van der Waals surface area contributed by atoms with Crippen molar-refractivity contribution in [3.63, 3.8) is 0 Å². The lowest BCUT2D eigenvalue weighted by Gasteiger charge is -2.43. The number of hydrogen-bond donors (Lipinski definition) is 1. The van der Waals surface area contributed by atoms with Gasteiger partial charge in [0.15, 0.2) is 0 Å². The number of nitrogens with zero attached hydrogens (tertiary/aromatic N) is 2. The van der Waals surface area contributed by atoms with Crippen LogP contribution in [0.25, 0.3) is 0 Å². The van der Waals surface area contributed by atoms with Crippen LogP contribution in [0.4, 0.5) is 0 Å². The number of methoxy groups -OCH3 is 1. The van der Waals surface area contributed by atoms with Crippen molar-refractivity contribution in [3.05, 3.63) is 23.8 Å². The van der Waals surface area contributed by atoms with Gasteiger partial charge in [0, 0.05) is 43.8 Å². The maximum atomic E-state index is 13.0. The van der Waals surface area contributed by atoms with Gasteiger partial charge in [0.1, 0.15) is 10.6 Å². The van der Waals surface area contributed by atoms with E-state index in [9.17, 15) is 13.2 Å². The van der Waals surface area contributed by atoms with E-state index in [1.807, 2.05) is 0 Å². The zero-order valence-corrected chi connectivity index (χ0v) is 19.5. The molecule has 1 aromatic rings. The summed E-state index contributed by atoms with van der Waals surface area (Å²) >= 11 is 0. The molecule has 1 saturated heterocycles. The highest BCUT2D eigenvalue weighted by molar-refractivity contribution is 7.89. The molecule has 1 aliphatic heterocycles. The van der Waals surface area contributed by atoms with Gasteiger partial charge < -0.3 is 14.8 Å². The van der Waals surface area contributed by atoms with Crippen molar-refractivity contribution in [1.82, 2.24) is 14.5 Å². The van der Waals surface area contributed by atoms with Crippen LogP contribution in [0.15, 0.2) is 23.1 Å². The Kier molecular flexibility index (Phi) is 8.66. The first-order valence-electron chi connectivity index (χ1n) is 10.5. The third kappa shape index (κ3) is 5.32. The minimum atomic E-state index is -3.76. The van der Waals surface area contributed by atoms with Gasteiger partial charge in [-0.15, -0.1) is 0 Å². The van der Waals surface area contributed by atoms with Crippen LogP contribution >= 0.6 is 0 Å². The summed E-state index contributed by atoms with van der Waals surface area (Å²) in [4.78, 5) is 15.2. The van der Waals surface area contributed by atoms with E-state index in [2.05, 4.69) is 24.1 Å². The highest BCUT2D eigenvalue weighted by atomic mass is 32.2. The minimum absolute atomic E-state index is 0.00721. The number of hydrogen-bond acceptors (Lipinski definition) is 6. The Balaban J connectivity index is 2.23. The highest BCUT2D eigenvalue weighted by Crippen LogP contribution is 2.28. The van der Waals surface area contributed by atoms with Crippen molar-refractivity contribution in [2.45, 2.75) is 44.6 Å². The van der Waals surface area contributed by atoms with Crippen LogP contribution in [0, 0.1) is 0 Å². The van der Waals surface area contributed by atoms with E-state index in [1.54, 1.807) is 19.9 Å². The van der Waals surface area contributed by atoms with Gasteiger partial charge in [0.05, 0.1) is 20.3 Å². The molecule has 1 amide bonds. The molecule has 2 rings (SSSR count). The Labute approximate surface area is 180 Å². The fourth-order valence-corrected chi connectivity index (χ4v) is 5.30. The van der Waals surface area contributed by atoms with Gasteiger partial charge in [-0.3, -0.25) is 9.69 Å². The summed E-state index contributed by atoms with van der Waals surface area (Å²) in [6.45, 7) is 12.0. The summed E-state index contributed by atoms with van der Waals surface area (Å²) < 4.78 is 38.1. The van der Waals surface area contributed by atoms with Crippen LogP contribution < -0.4 is 10.1 Å². The zero-order chi connectivity index (χ0) is 22.4. The summed E-state index contributed by atoms with van der Waals surface area (Å²) in [5.74, 6) is -0.0771. The van der Waals surface area contributed by atoms with Gasteiger partial charge in [0.2, 0.25) is 10.0 Å². The van der Waals surface area contributed by atoms with Crippen molar-refractivity contribution in [3.8, 4) is 5.75 Å². The average molecular weight is 442 g/mol. The molecule has 0 radical (unpaired) electrons. The van der Waals surface area contributed by atoms with Crippen LogP contribution in [0.2, 0.25) is 0 Å². The van der Waals surface area contributed by atoms with Gasteiger partial charge in [0.25, 0.3) is 5.91 Å². The molecular weight excluding hydrogens is 406 g/mol. The molecule has 8 nitrogen and oxygen atoms in total. The van der Waals surface area contributed by atoms with E-state index >= 15 is 0 Å². The molecule has 30 heavy (non-hydrogen) atoms. The molecule has 1 aliphatic rings. The predicted octanol–water partition coefficient (Wildman–Crippen LogP) is 1.96. The summed E-state index contributed by atoms with van der Waals surface area (Å²) in [7, 11) is -2.34. The average Bonchev–Trinajstić information content (AvgIpc) is 2.78. The van der Waals surface area contributed by atoms with E-state index in [-0.39, 0.29) is 22.1 Å². The van der Waals surface area contributed by atoms with E-state index in [4.69, 9.17) is 9.47 Å². The molecule has 1 fully saturated rings. The molecule has 1 aromatic carbocycles. The standard InChI is InChI=1S/C21H35N3O5S/c1-6-21(4,23-11-13-29-14-12-23)16-22-20(25)17-9-10-18(28-5)19(15-17)30(26,27)24(7-2)8-3/h9-10,15H,6-8,11-14,16H2,1-5H3,(H,22,25)/t21-/m0/s1. The lowest BCUT2D eigenvalue weighted by Crippen LogP contribution is -2.56. The number of carbonyl (C=O) groups excluding carboxylic acids is 1. The normalized spacial score (nSPS) is 17.5. The lowest BCUT2D eigenvalue weighted by molar-refractivity contribution is -0.0169. The minimum Gasteiger partial charge on any atom is -0.495 e. The van der Waals surface area contributed by atoms with Crippen molar-refractivity contribution in [1.29, 1.82) is 0 Å². The van der Waals surface area contributed by atoms with Crippen LogP contribution in [0.5, 0.6) is 5.75 Å². The third-order valence-electron chi connectivity index (χ3n) is 5.92. The van der Waals surface area contributed by atoms with Crippen LogP contribution in [0.1, 0.15) is 44.5 Å². The first-order chi connectivity index (χ1) is 14.2. The second-order valence-corrected chi connectivity index (χ2v) is 9.49. The molecule has 0 spiro atoms.